The second-order valence-electron chi connectivity index (χ2n) is 4.32. The van der Waals surface area contributed by atoms with Gasteiger partial charge in [0.1, 0.15) is 6.04 Å². The molecule has 0 spiro atoms. The molecule has 0 aliphatic rings. The van der Waals surface area contributed by atoms with Gasteiger partial charge in [-0.25, -0.2) is 5.84 Å². The second kappa shape index (κ2) is 6.47. The Balaban J connectivity index is 2.20. The normalized spacial score (nSPS) is 12.4. The van der Waals surface area contributed by atoms with Crippen LogP contribution >= 0.6 is 11.3 Å². The molecule has 0 radical (unpaired) electrons. The van der Waals surface area contributed by atoms with Crippen LogP contribution in [0.3, 0.4) is 0 Å². The van der Waals surface area contributed by atoms with Gasteiger partial charge in [-0.05, 0) is 24.1 Å². The molecule has 100 valence electrons. The maximum Gasteiger partial charge on any atom is 0.255 e. The molecule has 0 fully saturated rings. The van der Waals surface area contributed by atoms with Gasteiger partial charge in [0.15, 0.2) is 0 Å². The fourth-order valence-electron chi connectivity index (χ4n) is 2.06. The number of carbonyl (C=O) groups is 1. The van der Waals surface area contributed by atoms with Crippen LogP contribution in [0.25, 0.3) is 0 Å². The Morgan fingerprint density at radius 3 is 2.63 bits per heavy atom. The first-order valence-corrected chi connectivity index (χ1v) is 6.88. The number of carbonyl (C=O) groups excluding carboxylic acids is 1. The topological polar surface area (TPSA) is 58.4 Å². The van der Waals surface area contributed by atoms with E-state index in [2.05, 4.69) is 11.5 Å². The van der Waals surface area contributed by atoms with Crippen molar-refractivity contribution in [1.29, 1.82) is 0 Å². The zero-order chi connectivity index (χ0) is 13.7. The first kappa shape index (κ1) is 13.7. The Labute approximate surface area is 116 Å². The van der Waals surface area contributed by atoms with Gasteiger partial charge in [-0.3, -0.25) is 15.1 Å². The maximum atomic E-state index is 12.0. The number of thiophene rings is 1. The van der Waals surface area contributed by atoms with Crippen LogP contribution in [0.15, 0.2) is 47.8 Å². The minimum absolute atomic E-state index is 0.203. The molecule has 0 aliphatic heterocycles. The highest BCUT2D eigenvalue weighted by molar-refractivity contribution is 7.09. The molecule has 0 saturated heterocycles. The summed E-state index contributed by atoms with van der Waals surface area (Å²) >= 11 is 1.68. The van der Waals surface area contributed by atoms with E-state index in [-0.39, 0.29) is 11.9 Å². The van der Waals surface area contributed by atoms with E-state index in [0.29, 0.717) is 6.54 Å². The molecule has 1 unspecified atom stereocenters. The Kier molecular flexibility index (Phi) is 4.68. The average Bonchev–Trinajstić information content (AvgIpc) is 2.93. The van der Waals surface area contributed by atoms with Crippen LogP contribution in [0, 0.1) is 0 Å². The molecule has 19 heavy (non-hydrogen) atoms. The van der Waals surface area contributed by atoms with Gasteiger partial charge < -0.3 is 0 Å². The third kappa shape index (κ3) is 3.41. The van der Waals surface area contributed by atoms with E-state index in [1.165, 1.54) is 4.88 Å². The number of hydrazine groups is 1. The van der Waals surface area contributed by atoms with Gasteiger partial charge in [-0.2, -0.15) is 0 Å². The summed E-state index contributed by atoms with van der Waals surface area (Å²) in [6, 6.07) is 13.3. The van der Waals surface area contributed by atoms with Crippen LogP contribution in [-0.4, -0.2) is 17.9 Å². The highest BCUT2D eigenvalue weighted by Gasteiger charge is 2.24. The molecule has 0 bridgehead atoms. The van der Waals surface area contributed by atoms with Crippen LogP contribution in [0.4, 0.5) is 0 Å². The summed E-state index contributed by atoms with van der Waals surface area (Å²) in [5.41, 5.74) is 3.18. The number of nitrogens with one attached hydrogen (secondary N) is 1. The standard InChI is InChI=1S/C14H17N3OS/c1-17(10-12-8-5-9-19-12)13(14(18)16-15)11-6-3-2-4-7-11/h2-9,13H,10,15H2,1H3,(H,16,18). The van der Waals surface area contributed by atoms with Crippen molar-refractivity contribution < 1.29 is 4.79 Å². The number of benzene rings is 1. The summed E-state index contributed by atoms with van der Waals surface area (Å²) < 4.78 is 0. The van der Waals surface area contributed by atoms with E-state index in [1.54, 1.807) is 11.3 Å². The molecule has 3 N–H and O–H groups in total. The second-order valence-corrected chi connectivity index (χ2v) is 5.35. The number of hydrogen-bond acceptors (Lipinski definition) is 4. The first-order valence-electron chi connectivity index (χ1n) is 6.00. The summed E-state index contributed by atoms with van der Waals surface area (Å²) in [7, 11) is 1.92. The van der Waals surface area contributed by atoms with Gasteiger partial charge >= 0.3 is 0 Å². The van der Waals surface area contributed by atoms with E-state index < -0.39 is 0 Å². The summed E-state index contributed by atoms with van der Waals surface area (Å²) in [6.07, 6.45) is 0. The van der Waals surface area contributed by atoms with E-state index in [1.807, 2.05) is 53.7 Å². The molecule has 4 nitrogen and oxygen atoms in total. The van der Waals surface area contributed by atoms with Gasteiger partial charge in [0.2, 0.25) is 0 Å². The minimum atomic E-state index is -0.381. The number of amides is 1. The van der Waals surface area contributed by atoms with Crippen molar-refractivity contribution in [2.45, 2.75) is 12.6 Å². The number of hydrogen-bond donors (Lipinski definition) is 2. The average molecular weight is 275 g/mol. The quantitative estimate of drug-likeness (QED) is 0.498. The summed E-state index contributed by atoms with van der Waals surface area (Å²) in [6.45, 7) is 0.713. The molecule has 1 aromatic carbocycles. The SMILES string of the molecule is CN(Cc1cccs1)C(C(=O)NN)c1ccccc1. The molecule has 0 saturated carbocycles. The van der Waals surface area contributed by atoms with Crippen LogP contribution in [0.1, 0.15) is 16.5 Å². The lowest BCUT2D eigenvalue weighted by Crippen LogP contribution is -2.41. The van der Waals surface area contributed by atoms with Gasteiger partial charge in [0, 0.05) is 11.4 Å². The largest absolute Gasteiger partial charge is 0.293 e. The molecular formula is C14H17N3OS. The predicted octanol–water partition coefficient (Wildman–Crippen LogP) is 1.91. The van der Waals surface area contributed by atoms with E-state index >= 15 is 0 Å². The Morgan fingerprint density at radius 2 is 2.05 bits per heavy atom. The highest BCUT2D eigenvalue weighted by Crippen LogP contribution is 2.22. The number of nitrogens with two attached hydrogens (primary N) is 1. The lowest BCUT2D eigenvalue weighted by atomic mass is 10.1. The zero-order valence-corrected chi connectivity index (χ0v) is 11.6. The van der Waals surface area contributed by atoms with Crippen molar-refractivity contribution in [3.05, 3.63) is 58.3 Å². The van der Waals surface area contributed by atoms with Crippen LogP contribution in [0.2, 0.25) is 0 Å². The molecule has 1 amide bonds. The van der Waals surface area contributed by atoms with Crippen molar-refractivity contribution in [1.82, 2.24) is 10.3 Å². The molecule has 2 rings (SSSR count). The van der Waals surface area contributed by atoms with Crippen molar-refractivity contribution in [2.24, 2.45) is 5.84 Å². The van der Waals surface area contributed by atoms with Crippen molar-refractivity contribution in [2.75, 3.05) is 7.05 Å². The monoisotopic (exact) mass is 275 g/mol. The molecule has 0 aliphatic carbocycles. The van der Waals surface area contributed by atoms with Gasteiger partial charge in [-0.15, -0.1) is 11.3 Å². The molecule has 1 aromatic heterocycles. The Morgan fingerprint density at radius 1 is 1.32 bits per heavy atom. The fourth-order valence-corrected chi connectivity index (χ4v) is 2.83. The van der Waals surface area contributed by atoms with E-state index in [9.17, 15) is 4.79 Å². The third-order valence-corrected chi connectivity index (χ3v) is 3.79. The lowest BCUT2D eigenvalue weighted by Gasteiger charge is -2.26. The van der Waals surface area contributed by atoms with Gasteiger partial charge in [0.05, 0.1) is 0 Å². The third-order valence-electron chi connectivity index (χ3n) is 2.93. The highest BCUT2D eigenvalue weighted by atomic mass is 32.1. The van der Waals surface area contributed by atoms with Crippen molar-refractivity contribution in [3.63, 3.8) is 0 Å². The summed E-state index contributed by atoms with van der Waals surface area (Å²) in [4.78, 5) is 15.2. The minimum Gasteiger partial charge on any atom is -0.293 e. The zero-order valence-electron chi connectivity index (χ0n) is 10.7. The smallest absolute Gasteiger partial charge is 0.255 e. The van der Waals surface area contributed by atoms with Crippen LogP contribution in [0.5, 0.6) is 0 Å². The van der Waals surface area contributed by atoms with Gasteiger partial charge in [0.25, 0.3) is 5.91 Å². The Bertz CT molecular complexity index is 513. The summed E-state index contributed by atoms with van der Waals surface area (Å²) in [5.74, 6) is 5.09. The Hall–Kier alpha value is -1.69. The molecule has 5 heteroatoms. The lowest BCUT2D eigenvalue weighted by molar-refractivity contribution is -0.126. The number of likely N-dealkylation sites (N-methyl/N-ethyl adjacent to an activating group) is 1. The summed E-state index contributed by atoms with van der Waals surface area (Å²) in [5, 5.41) is 2.03. The van der Waals surface area contributed by atoms with Crippen molar-refractivity contribution >= 4 is 17.2 Å². The molecule has 1 atom stereocenters. The number of rotatable bonds is 5. The molecule has 1 heterocycles. The molecule has 2 aromatic rings. The van der Waals surface area contributed by atoms with Crippen LogP contribution in [-0.2, 0) is 11.3 Å². The molecular weight excluding hydrogens is 258 g/mol. The van der Waals surface area contributed by atoms with Crippen molar-refractivity contribution in [3.8, 4) is 0 Å². The number of nitrogens with zero attached hydrogens (tertiary/aromatic N) is 1. The predicted molar refractivity (Wildman–Crippen MR) is 77.3 cm³/mol. The van der Waals surface area contributed by atoms with E-state index in [0.717, 1.165) is 5.56 Å². The fraction of sp³-hybridized carbons (Fsp3) is 0.214. The first-order chi connectivity index (χ1) is 9.22. The van der Waals surface area contributed by atoms with Gasteiger partial charge in [-0.1, -0.05) is 36.4 Å². The van der Waals surface area contributed by atoms with Crippen LogP contribution < -0.4 is 11.3 Å². The maximum absolute atomic E-state index is 12.0. The van der Waals surface area contributed by atoms with E-state index in [4.69, 9.17) is 5.84 Å².